The van der Waals surface area contributed by atoms with Crippen LogP contribution in [0.5, 0.6) is 5.75 Å². The zero-order valence-electron chi connectivity index (χ0n) is 17.6. The van der Waals surface area contributed by atoms with Crippen molar-refractivity contribution in [1.29, 1.82) is 0 Å². The number of benzene rings is 1. The molecule has 2 aromatic rings. The Bertz CT molecular complexity index is 1030. The van der Waals surface area contributed by atoms with E-state index in [9.17, 15) is 27.9 Å². The maximum Gasteiger partial charge on any atom is 0.435 e. The minimum absolute atomic E-state index is 0.0369. The summed E-state index contributed by atoms with van der Waals surface area (Å²) in [4.78, 5) is 26.8. The third-order valence-electron chi connectivity index (χ3n) is 6.25. The molecule has 4 rings (SSSR count). The maximum absolute atomic E-state index is 13.8. The van der Waals surface area contributed by atoms with Gasteiger partial charge in [-0.3, -0.25) is 9.59 Å². The smallest absolute Gasteiger partial charge is 0.435 e. The normalized spacial score (nSPS) is 19.5. The number of nitrogens with zero attached hydrogens (tertiary/aromatic N) is 3. The third kappa shape index (κ3) is 4.05. The Hall–Kier alpha value is -3.04. The van der Waals surface area contributed by atoms with E-state index in [1.165, 1.54) is 25.3 Å². The van der Waals surface area contributed by atoms with Gasteiger partial charge < -0.3 is 14.7 Å². The van der Waals surface area contributed by atoms with E-state index in [4.69, 9.17) is 4.74 Å². The van der Waals surface area contributed by atoms with Gasteiger partial charge in [-0.2, -0.15) is 18.3 Å². The zero-order valence-corrected chi connectivity index (χ0v) is 17.6. The fourth-order valence-electron chi connectivity index (χ4n) is 4.70. The third-order valence-corrected chi connectivity index (χ3v) is 6.25. The van der Waals surface area contributed by atoms with E-state index in [-0.39, 0.29) is 46.9 Å². The van der Waals surface area contributed by atoms with Crippen LogP contribution in [0.25, 0.3) is 5.69 Å². The van der Waals surface area contributed by atoms with Crippen molar-refractivity contribution in [1.82, 2.24) is 14.7 Å². The van der Waals surface area contributed by atoms with Crippen LogP contribution in [0.1, 0.15) is 48.6 Å². The Morgan fingerprint density at radius 1 is 1.19 bits per heavy atom. The van der Waals surface area contributed by atoms with Crippen LogP contribution in [0.15, 0.2) is 24.3 Å². The van der Waals surface area contributed by atoms with Gasteiger partial charge in [0.15, 0.2) is 5.69 Å². The summed E-state index contributed by atoms with van der Waals surface area (Å²) in [6, 6.07) is 5.80. The number of phenolic OH excluding ortho intramolecular Hbond substituents is 1. The number of likely N-dealkylation sites (tertiary alicyclic amines) is 1. The number of amides is 1. The fourth-order valence-corrected chi connectivity index (χ4v) is 4.70. The first-order valence-electron chi connectivity index (χ1n) is 10.6. The second-order valence-corrected chi connectivity index (χ2v) is 8.21. The Labute approximate surface area is 182 Å². The standard InChI is InChI=1S/C22H24F3N3O4/c1-32-21(31)13-8-10-27(11-9-13)20(30)17-7-3-6-16-18(17)28(26-19(16)22(23,24)25)14-4-2-5-15(29)12-14/h2,4-5,12-13,17,29H,3,6-11H2,1H3. The number of rotatable bonds is 3. The second kappa shape index (κ2) is 8.48. The highest BCUT2D eigenvalue weighted by Gasteiger charge is 2.44. The molecule has 1 aliphatic heterocycles. The lowest BCUT2D eigenvalue weighted by Gasteiger charge is -2.34. The molecule has 10 heteroatoms. The molecular formula is C22H24F3N3O4. The first-order valence-corrected chi connectivity index (χ1v) is 10.6. The van der Waals surface area contributed by atoms with E-state index in [1.54, 1.807) is 11.0 Å². The van der Waals surface area contributed by atoms with Gasteiger partial charge in [0.25, 0.3) is 0 Å². The monoisotopic (exact) mass is 451 g/mol. The van der Waals surface area contributed by atoms with Crippen molar-refractivity contribution in [2.75, 3.05) is 20.2 Å². The number of aromatic nitrogens is 2. The van der Waals surface area contributed by atoms with E-state index in [1.807, 2.05) is 0 Å². The number of fused-ring (bicyclic) bond motifs is 1. The van der Waals surface area contributed by atoms with Crippen molar-refractivity contribution in [3.8, 4) is 11.4 Å². The van der Waals surface area contributed by atoms with Gasteiger partial charge in [-0.25, -0.2) is 4.68 Å². The van der Waals surface area contributed by atoms with Gasteiger partial charge >= 0.3 is 12.1 Å². The quantitative estimate of drug-likeness (QED) is 0.723. The summed E-state index contributed by atoms with van der Waals surface area (Å²) < 4.78 is 47.2. The number of carbonyl (C=O) groups is 2. The summed E-state index contributed by atoms with van der Waals surface area (Å²) in [6.45, 7) is 0.688. The number of ether oxygens (including phenoxy) is 1. The van der Waals surface area contributed by atoms with Gasteiger partial charge in [0.2, 0.25) is 5.91 Å². The second-order valence-electron chi connectivity index (χ2n) is 8.21. The molecule has 0 spiro atoms. The molecule has 1 atom stereocenters. The molecule has 1 unspecified atom stereocenters. The molecule has 0 radical (unpaired) electrons. The van der Waals surface area contributed by atoms with Crippen molar-refractivity contribution in [3.05, 3.63) is 41.2 Å². The minimum Gasteiger partial charge on any atom is -0.508 e. The van der Waals surface area contributed by atoms with E-state index in [0.717, 1.165) is 4.68 Å². The predicted octanol–water partition coefficient (Wildman–Crippen LogP) is 3.43. The number of aromatic hydroxyl groups is 1. The van der Waals surface area contributed by atoms with Crippen molar-refractivity contribution < 1.29 is 32.6 Å². The number of piperidine rings is 1. The van der Waals surface area contributed by atoms with Crippen LogP contribution in [0.3, 0.4) is 0 Å². The number of halogens is 3. The van der Waals surface area contributed by atoms with Crippen molar-refractivity contribution in [2.24, 2.45) is 5.92 Å². The first-order chi connectivity index (χ1) is 15.2. The number of hydrogen-bond acceptors (Lipinski definition) is 5. The molecule has 1 amide bonds. The number of hydrogen-bond donors (Lipinski definition) is 1. The molecule has 0 bridgehead atoms. The number of esters is 1. The van der Waals surface area contributed by atoms with Gasteiger partial charge in [0, 0.05) is 24.7 Å². The number of methoxy groups -OCH3 is 1. The van der Waals surface area contributed by atoms with Gasteiger partial charge in [-0.05, 0) is 44.2 Å². The van der Waals surface area contributed by atoms with Crippen LogP contribution in [0.2, 0.25) is 0 Å². The zero-order chi connectivity index (χ0) is 23.0. The van der Waals surface area contributed by atoms with Crippen LogP contribution < -0.4 is 0 Å². The highest BCUT2D eigenvalue weighted by Crippen LogP contribution is 2.42. The average molecular weight is 451 g/mol. The molecule has 7 nitrogen and oxygen atoms in total. The minimum atomic E-state index is -4.66. The molecule has 1 fully saturated rings. The number of alkyl halides is 3. The fraction of sp³-hybridized carbons (Fsp3) is 0.500. The van der Waals surface area contributed by atoms with Crippen molar-refractivity contribution >= 4 is 11.9 Å². The molecule has 32 heavy (non-hydrogen) atoms. The lowest BCUT2D eigenvalue weighted by molar-refractivity contribution is -0.149. The molecule has 0 saturated carbocycles. The van der Waals surface area contributed by atoms with Crippen LogP contribution >= 0.6 is 0 Å². The highest BCUT2D eigenvalue weighted by atomic mass is 19.4. The molecule has 1 aromatic carbocycles. The summed E-state index contributed by atoms with van der Waals surface area (Å²) in [6.07, 6.45) is -2.72. The molecule has 2 aliphatic rings. The number of carbonyl (C=O) groups excluding carboxylic acids is 2. The van der Waals surface area contributed by atoms with Gasteiger partial charge in [0.1, 0.15) is 5.75 Å². The highest BCUT2D eigenvalue weighted by molar-refractivity contribution is 5.85. The summed E-state index contributed by atoms with van der Waals surface area (Å²) in [7, 11) is 1.32. The summed E-state index contributed by atoms with van der Waals surface area (Å²) in [5.41, 5.74) is -0.456. The van der Waals surface area contributed by atoms with Gasteiger partial charge in [-0.15, -0.1) is 0 Å². The van der Waals surface area contributed by atoms with Crippen LogP contribution in [-0.4, -0.2) is 51.9 Å². The molecule has 1 saturated heterocycles. The molecular weight excluding hydrogens is 427 g/mol. The largest absolute Gasteiger partial charge is 0.508 e. The van der Waals surface area contributed by atoms with E-state index < -0.39 is 17.8 Å². The molecule has 1 aromatic heterocycles. The Morgan fingerprint density at radius 3 is 2.53 bits per heavy atom. The van der Waals surface area contributed by atoms with E-state index in [2.05, 4.69) is 5.10 Å². The SMILES string of the molecule is COC(=O)C1CCN(C(=O)C2CCCc3c(C(F)(F)F)nn(-c4cccc(O)c4)c32)CC1. The lowest BCUT2D eigenvalue weighted by atomic mass is 9.84. The summed E-state index contributed by atoms with van der Waals surface area (Å²) in [5, 5.41) is 13.7. The molecule has 1 N–H and O–H groups in total. The lowest BCUT2D eigenvalue weighted by Crippen LogP contribution is -2.43. The van der Waals surface area contributed by atoms with E-state index >= 15 is 0 Å². The average Bonchev–Trinajstić information content (AvgIpc) is 3.19. The van der Waals surface area contributed by atoms with Crippen LogP contribution in [0.4, 0.5) is 13.2 Å². The van der Waals surface area contributed by atoms with Gasteiger partial charge in [-0.1, -0.05) is 6.07 Å². The first kappa shape index (κ1) is 22.2. The summed E-state index contributed by atoms with van der Waals surface area (Å²) in [5.74, 6) is -1.73. The topological polar surface area (TPSA) is 84.7 Å². The summed E-state index contributed by atoms with van der Waals surface area (Å²) >= 11 is 0. The Balaban J connectivity index is 1.70. The van der Waals surface area contributed by atoms with Crippen molar-refractivity contribution in [2.45, 2.75) is 44.2 Å². The number of phenols is 1. The van der Waals surface area contributed by atoms with E-state index in [0.29, 0.717) is 38.8 Å². The Morgan fingerprint density at radius 2 is 1.91 bits per heavy atom. The molecule has 2 heterocycles. The van der Waals surface area contributed by atoms with Crippen molar-refractivity contribution in [3.63, 3.8) is 0 Å². The van der Waals surface area contributed by atoms with Crippen LogP contribution in [0, 0.1) is 5.92 Å². The molecule has 1 aliphatic carbocycles. The van der Waals surface area contributed by atoms with Gasteiger partial charge in [0.05, 0.1) is 30.3 Å². The predicted molar refractivity (Wildman–Crippen MR) is 107 cm³/mol. The maximum atomic E-state index is 13.8. The molecule has 172 valence electrons. The Kier molecular flexibility index (Phi) is 5.87. The van der Waals surface area contributed by atoms with Crippen LogP contribution in [-0.2, 0) is 26.9 Å².